The molecule has 0 bridgehead atoms. The van der Waals surface area contributed by atoms with Gasteiger partial charge in [0.05, 0.1) is 19.4 Å². The molecule has 0 fully saturated rings. The maximum Gasteiger partial charge on any atom is 0.307 e. The molecule has 0 aliphatic heterocycles. The van der Waals surface area contributed by atoms with E-state index < -0.39 is 5.91 Å². The Labute approximate surface area is 157 Å². The second kappa shape index (κ2) is 8.40. The van der Waals surface area contributed by atoms with Crippen LogP contribution in [0.25, 0.3) is 11.0 Å². The number of ether oxygens (including phenoxy) is 2. The molecule has 2 aromatic carbocycles. The van der Waals surface area contributed by atoms with Gasteiger partial charge in [-0.3, -0.25) is 4.79 Å². The van der Waals surface area contributed by atoms with E-state index in [2.05, 4.69) is 17.5 Å². The minimum atomic E-state index is -0.411. The van der Waals surface area contributed by atoms with E-state index in [0.29, 0.717) is 17.1 Å². The topological polar surface area (TPSA) is 73.1 Å². The lowest BCUT2D eigenvalue weighted by Gasteiger charge is -2.15. The third kappa shape index (κ3) is 4.47. The summed E-state index contributed by atoms with van der Waals surface area (Å²) in [5.74, 6) is 1.09. The molecule has 140 valence electrons. The molecule has 0 saturated carbocycles. The third-order valence-corrected chi connectivity index (χ3v) is 4.12. The number of para-hydroxylation sites is 1. The Bertz CT molecular complexity index is 929. The number of hydrogen-bond acceptors (Lipinski definition) is 5. The highest BCUT2D eigenvalue weighted by Gasteiger charge is 2.11. The number of nitrogens with zero attached hydrogens (tertiary/aromatic N) is 1. The molecule has 3 aromatic rings. The van der Waals surface area contributed by atoms with Crippen LogP contribution >= 0.6 is 0 Å². The largest absolute Gasteiger partial charge is 0.493 e. The van der Waals surface area contributed by atoms with Gasteiger partial charge in [0.15, 0.2) is 17.3 Å². The smallest absolute Gasteiger partial charge is 0.307 e. The summed E-state index contributed by atoms with van der Waals surface area (Å²) in [7, 11) is 1.59. The Morgan fingerprint density at radius 1 is 1.22 bits per heavy atom. The first-order valence-corrected chi connectivity index (χ1v) is 8.77. The summed E-state index contributed by atoms with van der Waals surface area (Å²) < 4.78 is 16.7. The first kappa shape index (κ1) is 18.5. The summed E-state index contributed by atoms with van der Waals surface area (Å²) in [4.78, 5) is 12.2. The maximum atomic E-state index is 12.2. The SMILES string of the molecule is CC[C@@H](C)Oc1ccc(/C=N/NC(=O)c2cc3ccccc3o2)cc1OC. The van der Waals surface area contributed by atoms with Crippen molar-refractivity contribution in [3.63, 3.8) is 0 Å². The van der Waals surface area contributed by atoms with E-state index in [0.717, 1.165) is 17.4 Å². The molecule has 3 rings (SSSR count). The fourth-order valence-electron chi connectivity index (χ4n) is 2.48. The van der Waals surface area contributed by atoms with Gasteiger partial charge in [0.1, 0.15) is 5.58 Å². The zero-order chi connectivity index (χ0) is 19.2. The van der Waals surface area contributed by atoms with Crippen molar-refractivity contribution in [3.8, 4) is 11.5 Å². The Kier molecular flexibility index (Phi) is 5.76. The molecule has 0 unspecified atom stereocenters. The van der Waals surface area contributed by atoms with E-state index in [9.17, 15) is 4.79 Å². The van der Waals surface area contributed by atoms with Crippen molar-refractivity contribution in [1.29, 1.82) is 0 Å². The second-order valence-electron chi connectivity index (χ2n) is 6.09. The van der Waals surface area contributed by atoms with Crippen molar-refractivity contribution < 1.29 is 18.7 Å². The second-order valence-corrected chi connectivity index (χ2v) is 6.09. The summed E-state index contributed by atoms with van der Waals surface area (Å²) in [5.41, 5.74) is 3.90. The summed E-state index contributed by atoms with van der Waals surface area (Å²) in [5, 5.41) is 4.86. The molecule has 0 saturated heterocycles. The maximum absolute atomic E-state index is 12.2. The molecule has 1 N–H and O–H groups in total. The number of amides is 1. The minimum absolute atomic E-state index is 0.0986. The molecule has 27 heavy (non-hydrogen) atoms. The highest BCUT2D eigenvalue weighted by atomic mass is 16.5. The van der Waals surface area contributed by atoms with Crippen LogP contribution in [0.2, 0.25) is 0 Å². The van der Waals surface area contributed by atoms with Crippen LogP contribution in [0.15, 0.2) is 58.0 Å². The van der Waals surface area contributed by atoms with E-state index in [-0.39, 0.29) is 11.9 Å². The van der Waals surface area contributed by atoms with Crippen molar-refractivity contribution in [2.75, 3.05) is 7.11 Å². The Hall–Kier alpha value is -3.28. The van der Waals surface area contributed by atoms with Gasteiger partial charge < -0.3 is 13.9 Å². The van der Waals surface area contributed by atoms with Gasteiger partial charge in [-0.1, -0.05) is 25.1 Å². The van der Waals surface area contributed by atoms with Crippen LogP contribution in [0.1, 0.15) is 36.4 Å². The predicted molar refractivity (Wildman–Crippen MR) is 105 cm³/mol. The lowest BCUT2D eigenvalue weighted by molar-refractivity contribution is 0.0929. The molecule has 1 aromatic heterocycles. The van der Waals surface area contributed by atoms with Gasteiger partial charge in [0, 0.05) is 5.39 Å². The number of carbonyl (C=O) groups excluding carboxylic acids is 1. The Balaban J connectivity index is 1.67. The summed E-state index contributed by atoms with van der Waals surface area (Å²) in [6.07, 6.45) is 2.54. The van der Waals surface area contributed by atoms with Crippen LogP contribution in [0, 0.1) is 0 Å². The molecule has 1 amide bonds. The Morgan fingerprint density at radius 3 is 2.78 bits per heavy atom. The lowest BCUT2D eigenvalue weighted by atomic mass is 10.2. The number of fused-ring (bicyclic) bond motifs is 1. The molecule has 0 aliphatic carbocycles. The quantitative estimate of drug-likeness (QED) is 0.497. The highest BCUT2D eigenvalue weighted by Crippen LogP contribution is 2.28. The van der Waals surface area contributed by atoms with Crippen LogP contribution in [-0.4, -0.2) is 25.3 Å². The van der Waals surface area contributed by atoms with E-state index >= 15 is 0 Å². The van der Waals surface area contributed by atoms with E-state index in [1.165, 1.54) is 6.21 Å². The molecule has 1 heterocycles. The summed E-state index contributed by atoms with van der Waals surface area (Å²) in [6, 6.07) is 14.6. The first-order chi connectivity index (χ1) is 13.1. The number of nitrogens with one attached hydrogen (secondary N) is 1. The minimum Gasteiger partial charge on any atom is -0.493 e. The van der Waals surface area contributed by atoms with Gasteiger partial charge in [-0.05, 0) is 49.2 Å². The van der Waals surface area contributed by atoms with Gasteiger partial charge in [-0.25, -0.2) is 5.43 Å². The molecular weight excluding hydrogens is 344 g/mol. The molecule has 0 radical (unpaired) electrons. The van der Waals surface area contributed by atoms with Crippen LogP contribution in [-0.2, 0) is 0 Å². The molecule has 6 nitrogen and oxygen atoms in total. The van der Waals surface area contributed by atoms with E-state index in [4.69, 9.17) is 13.9 Å². The number of hydrogen-bond donors (Lipinski definition) is 1. The average molecular weight is 366 g/mol. The van der Waals surface area contributed by atoms with Gasteiger partial charge in [-0.15, -0.1) is 0 Å². The van der Waals surface area contributed by atoms with Crippen LogP contribution in [0.5, 0.6) is 11.5 Å². The summed E-state index contributed by atoms with van der Waals surface area (Å²) in [6.45, 7) is 4.06. The van der Waals surface area contributed by atoms with Gasteiger partial charge in [0.2, 0.25) is 0 Å². The fraction of sp³-hybridized carbons (Fsp3) is 0.238. The number of carbonyl (C=O) groups is 1. The molecule has 1 atom stereocenters. The standard InChI is InChI=1S/C21H22N2O4/c1-4-14(2)26-18-10-9-15(11-19(18)25-3)13-22-23-21(24)20-12-16-7-5-6-8-17(16)27-20/h5-14H,4H2,1-3H3,(H,23,24)/b22-13+/t14-/m1/s1. The highest BCUT2D eigenvalue weighted by molar-refractivity contribution is 5.96. The number of rotatable bonds is 7. The lowest BCUT2D eigenvalue weighted by Crippen LogP contribution is -2.16. The number of hydrazone groups is 1. The van der Waals surface area contributed by atoms with Crippen LogP contribution < -0.4 is 14.9 Å². The van der Waals surface area contributed by atoms with E-state index in [1.54, 1.807) is 19.2 Å². The van der Waals surface area contributed by atoms with Gasteiger partial charge in [-0.2, -0.15) is 5.10 Å². The van der Waals surface area contributed by atoms with Crippen molar-refractivity contribution in [2.24, 2.45) is 5.10 Å². The number of furan rings is 1. The molecule has 0 aliphatic rings. The first-order valence-electron chi connectivity index (χ1n) is 8.77. The third-order valence-electron chi connectivity index (χ3n) is 4.12. The summed E-state index contributed by atoms with van der Waals surface area (Å²) >= 11 is 0. The zero-order valence-electron chi connectivity index (χ0n) is 15.6. The zero-order valence-corrected chi connectivity index (χ0v) is 15.6. The van der Waals surface area contributed by atoms with Gasteiger partial charge >= 0.3 is 5.91 Å². The van der Waals surface area contributed by atoms with Crippen LogP contribution in [0.3, 0.4) is 0 Å². The molecular formula is C21H22N2O4. The predicted octanol–water partition coefficient (Wildman–Crippen LogP) is 4.38. The normalized spacial score (nSPS) is 12.3. The van der Waals surface area contributed by atoms with Crippen molar-refractivity contribution in [2.45, 2.75) is 26.4 Å². The van der Waals surface area contributed by atoms with Gasteiger partial charge in [0.25, 0.3) is 0 Å². The van der Waals surface area contributed by atoms with Crippen molar-refractivity contribution >= 4 is 23.1 Å². The van der Waals surface area contributed by atoms with Crippen molar-refractivity contribution in [1.82, 2.24) is 5.43 Å². The number of benzene rings is 2. The fourth-order valence-corrected chi connectivity index (χ4v) is 2.48. The molecule has 0 spiro atoms. The van der Waals surface area contributed by atoms with E-state index in [1.807, 2.05) is 43.3 Å². The van der Waals surface area contributed by atoms with Crippen molar-refractivity contribution in [3.05, 3.63) is 59.9 Å². The Morgan fingerprint density at radius 2 is 2.04 bits per heavy atom. The average Bonchev–Trinajstić information content (AvgIpc) is 3.13. The number of methoxy groups -OCH3 is 1. The van der Waals surface area contributed by atoms with Crippen LogP contribution in [0.4, 0.5) is 0 Å². The monoisotopic (exact) mass is 366 g/mol. The molecule has 6 heteroatoms.